The van der Waals surface area contributed by atoms with Gasteiger partial charge in [0.25, 0.3) is 16.0 Å². The highest BCUT2D eigenvalue weighted by Gasteiger charge is 2.36. The second kappa shape index (κ2) is 11.0. The fourth-order valence-electron chi connectivity index (χ4n) is 2.52. The summed E-state index contributed by atoms with van der Waals surface area (Å²) in [7, 11) is -3.06. The SMILES string of the molecule is CNC(=O)[C@@H](C[C@H](NC(=O)OC(C)(C)C)C(=O)OC(C)(C)C)OS(=O)(=O)c1ccc(C)cc1. The van der Waals surface area contributed by atoms with E-state index in [-0.39, 0.29) is 4.90 Å². The molecule has 1 rings (SSSR count). The van der Waals surface area contributed by atoms with Crippen LogP contribution in [0.4, 0.5) is 4.79 Å². The lowest BCUT2D eigenvalue weighted by Gasteiger charge is -2.27. The van der Waals surface area contributed by atoms with Gasteiger partial charge in [0.1, 0.15) is 17.2 Å². The van der Waals surface area contributed by atoms with Gasteiger partial charge in [-0.15, -0.1) is 0 Å². The van der Waals surface area contributed by atoms with Crippen molar-refractivity contribution in [3.8, 4) is 0 Å². The molecule has 2 atom stereocenters. The molecule has 10 nitrogen and oxygen atoms in total. The number of hydrogen-bond donors (Lipinski definition) is 2. The van der Waals surface area contributed by atoms with Gasteiger partial charge in [0.15, 0.2) is 6.10 Å². The highest BCUT2D eigenvalue weighted by Crippen LogP contribution is 2.19. The van der Waals surface area contributed by atoms with E-state index in [0.29, 0.717) is 0 Å². The number of ether oxygens (including phenoxy) is 2. The van der Waals surface area contributed by atoms with Gasteiger partial charge >= 0.3 is 12.1 Å². The van der Waals surface area contributed by atoms with Crippen LogP contribution in [-0.4, -0.2) is 56.8 Å². The summed E-state index contributed by atoms with van der Waals surface area (Å²) in [6, 6.07) is 4.43. The molecule has 0 aliphatic carbocycles. The molecule has 0 aromatic heterocycles. The number of hydrogen-bond acceptors (Lipinski definition) is 8. The van der Waals surface area contributed by atoms with E-state index >= 15 is 0 Å². The van der Waals surface area contributed by atoms with Gasteiger partial charge in [0, 0.05) is 13.5 Å². The van der Waals surface area contributed by atoms with E-state index in [1.807, 2.05) is 0 Å². The molecule has 0 saturated heterocycles. The van der Waals surface area contributed by atoms with Crippen LogP contribution in [0.3, 0.4) is 0 Å². The number of rotatable bonds is 8. The smallest absolute Gasteiger partial charge is 0.408 e. The third-order valence-corrected chi connectivity index (χ3v) is 5.26. The van der Waals surface area contributed by atoms with Crippen LogP contribution in [0.15, 0.2) is 29.2 Å². The second-order valence-corrected chi connectivity index (χ2v) is 11.0. The fourth-order valence-corrected chi connectivity index (χ4v) is 3.57. The molecule has 1 aromatic carbocycles. The molecule has 11 heteroatoms. The maximum Gasteiger partial charge on any atom is 0.408 e. The number of likely N-dealkylation sites (N-methyl/N-ethyl adjacent to an activating group) is 1. The van der Waals surface area contributed by atoms with E-state index in [1.165, 1.54) is 19.2 Å². The van der Waals surface area contributed by atoms with Crippen LogP contribution in [0.5, 0.6) is 0 Å². The third kappa shape index (κ3) is 10.2. The van der Waals surface area contributed by atoms with Gasteiger partial charge in [-0.1, -0.05) is 17.7 Å². The normalized spacial score (nSPS) is 14.1. The minimum absolute atomic E-state index is 0.157. The molecular weight excluding hydrogens is 452 g/mol. The van der Waals surface area contributed by atoms with Crippen LogP contribution < -0.4 is 10.6 Å². The van der Waals surface area contributed by atoms with Gasteiger partial charge in [-0.2, -0.15) is 8.42 Å². The number of alkyl carbamates (subject to hydrolysis) is 1. The van der Waals surface area contributed by atoms with Crippen molar-refractivity contribution in [3.63, 3.8) is 0 Å². The molecule has 1 aromatic rings. The van der Waals surface area contributed by atoms with E-state index in [4.69, 9.17) is 13.7 Å². The molecule has 0 aliphatic heterocycles. The molecule has 0 saturated carbocycles. The number of aryl methyl sites for hydroxylation is 1. The molecule has 0 bridgehead atoms. The minimum Gasteiger partial charge on any atom is -0.458 e. The van der Waals surface area contributed by atoms with Crippen molar-refractivity contribution >= 4 is 28.1 Å². The zero-order chi connectivity index (χ0) is 25.6. The quantitative estimate of drug-likeness (QED) is 0.422. The summed E-state index contributed by atoms with van der Waals surface area (Å²) < 4.78 is 41.1. The summed E-state index contributed by atoms with van der Waals surface area (Å²) in [4.78, 5) is 37.3. The lowest BCUT2D eigenvalue weighted by Crippen LogP contribution is -2.50. The van der Waals surface area contributed by atoms with Crippen molar-refractivity contribution in [1.82, 2.24) is 10.6 Å². The van der Waals surface area contributed by atoms with E-state index < -0.39 is 57.9 Å². The summed E-state index contributed by atoms with van der Waals surface area (Å²) in [5.41, 5.74) is -0.917. The van der Waals surface area contributed by atoms with Crippen LogP contribution in [0.25, 0.3) is 0 Å². The lowest BCUT2D eigenvalue weighted by molar-refractivity contribution is -0.158. The number of esters is 1. The van der Waals surface area contributed by atoms with Crippen LogP contribution >= 0.6 is 0 Å². The first-order valence-electron chi connectivity index (χ1n) is 10.4. The second-order valence-electron chi connectivity index (χ2n) is 9.43. The monoisotopic (exact) mass is 486 g/mol. The summed E-state index contributed by atoms with van der Waals surface area (Å²) >= 11 is 0. The molecule has 33 heavy (non-hydrogen) atoms. The van der Waals surface area contributed by atoms with E-state index in [1.54, 1.807) is 60.6 Å². The summed E-state index contributed by atoms with van der Waals surface area (Å²) in [5, 5.41) is 4.66. The summed E-state index contributed by atoms with van der Waals surface area (Å²) in [6.07, 6.45) is -3.08. The number of carbonyl (C=O) groups excluding carboxylic acids is 3. The van der Waals surface area contributed by atoms with Crippen molar-refractivity contribution in [3.05, 3.63) is 29.8 Å². The van der Waals surface area contributed by atoms with Gasteiger partial charge in [-0.25, -0.2) is 9.59 Å². The first kappa shape index (κ1) is 28.4. The number of nitrogens with one attached hydrogen (secondary N) is 2. The zero-order valence-corrected chi connectivity index (χ0v) is 21.2. The molecule has 0 heterocycles. The largest absolute Gasteiger partial charge is 0.458 e. The highest BCUT2D eigenvalue weighted by atomic mass is 32.2. The first-order valence-corrected chi connectivity index (χ1v) is 11.8. The van der Waals surface area contributed by atoms with Gasteiger partial charge in [0.05, 0.1) is 4.90 Å². The van der Waals surface area contributed by atoms with Crippen LogP contribution in [0, 0.1) is 6.92 Å². The van der Waals surface area contributed by atoms with Gasteiger partial charge in [0.2, 0.25) is 0 Å². The Hall–Kier alpha value is -2.66. The molecule has 2 amide bonds. The maximum absolute atomic E-state index is 12.8. The Morgan fingerprint density at radius 1 is 0.939 bits per heavy atom. The molecule has 0 fully saturated rings. The minimum atomic E-state index is -4.35. The zero-order valence-electron chi connectivity index (χ0n) is 20.3. The Morgan fingerprint density at radius 2 is 1.45 bits per heavy atom. The Morgan fingerprint density at radius 3 is 1.91 bits per heavy atom. The maximum atomic E-state index is 12.8. The van der Waals surface area contributed by atoms with Crippen molar-refractivity contribution in [2.45, 2.75) is 83.1 Å². The van der Waals surface area contributed by atoms with Crippen molar-refractivity contribution in [2.75, 3.05) is 7.05 Å². The van der Waals surface area contributed by atoms with E-state index in [0.717, 1.165) is 5.56 Å². The van der Waals surface area contributed by atoms with E-state index in [2.05, 4.69) is 10.6 Å². The Kier molecular flexibility index (Phi) is 9.43. The fraction of sp³-hybridized carbons (Fsp3) is 0.591. The van der Waals surface area contributed by atoms with Gasteiger partial charge in [-0.3, -0.25) is 8.98 Å². The number of amides is 2. The first-order chi connectivity index (χ1) is 14.9. The molecular formula is C22H34N2O8S. The summed E-state index contributed by atoms with van der Waals surface area (Å²) in [6.45, 7) is 11.6. The van der Waals surface area contributed by atoms with Crippen molar-refractivity contribution in [2.24, 2.45) is 0 Å². The lowest BCUT2D eigenvalue weighted by atomic mass is 10.1. The Balaban J connectivity index is 3.21. The van der Waals surface area contributed by atoms with Crippen LogP contribution in [0.1, 0.15) is 53.5 Å². The summed E-state index contributed by atoms with van der Waals surface area (Å²) in [5.74, 6) is -1.68. The number of carbonyl (C=O) groups is 3. The van der Waals surface area contributed by atoms with Crippen molar-refractivity contribution in [1.29, 1.82) is 0 Å². The highest BCUT2D eigenvalue weighted by molar-refractivity contribution is 7.86. The average molecular weight is 487 g/mol. The van der Waals surface area contributed by atoms with Crippen LogP contribution in [-0.2, 0) is 33.4 Å². The molecule has 0 radical (unpaired) electrons. The molecule has 0 unspecified atom stereocenters. The standard InChI is InChI=1S/C22H34N2O8S/c1-14-9-11-15(12-10-14)33(28,29)32-17(18(25)23-8)13-16(19(26)30-21(2,3)4)24-20(27)31-22(5,6)7/h9-12,16-17H,13H2,1-8H3,(H,23,25)(H,24,27)/t16-,17+/m0/s1. The number of benzene rings is 1. The average Bonchev–Trinajstić information content (AvgIpc) is 2.63. The molecule has 0 aliphatic rings. The molecule has 186 valence electrons. The molecule has 0 spiro atoms. The Bertz CT molecular complexity index is 944. The molecule has 2 N–H and O–H groups in total. The van der Waals surface area contributed by atoms with Crippen molar-refractivity contribution < 1.29 is 36.5 Å². The van der Waals surface area contributed by atoms with Crippen LogP contribution in [0.2, 0.25) is 0 Å². The third-order valence-electron chi connectivity index (χ3n) is 3.92. The topological polar surface area (TPSA) is 137 Å². The van der Waals surface area contributed by atoms with E-state index in [9.17, 15) is 22.8 Å². The Labute approximate surface area is 195 Å². The van der Waals surface area contributed by atoms with Gasteiger partial charge in [-0.05, 0) is 60.6 Å². The predicted molar refractivity (Wildman–Crippen MR) is 121 cm³/mol. The van der Waals surface area contributed by atoms with Gasteiger partial charge < -0.3 is 20.1 Å². The predicted octanol–water partition coefficient (Wildman–Crippen LogP) is 2.44.